The number of hydrogen-bond acceptors (Lipinski definition) is 4. The molecule has 2 aromatic carbocycles. The van der Waals surface area contributed by atoms with Gasteiger partial charge in [-0.15, -0.1) is 0 Å². The van der Waals surface area contributed by atoms with Crippen LogP contribution in [0, 0.1) is 0 Å². The van der Waals surface area contributed by atoms with E-state index >= 15 is 0 Å². The third-order valence-electron chi connectivity index (χ3n) is 3.43. The normalized spacial score (nSPS) is 12.0. The highest BCUT2D eigenvalue weighted by molar-refractivity contribution is 7.91. The van der Waals surface area contributed by atoms with Crippen LogP contribution in [0.3, 0.4) is 0 Å². The number of phenols is 1. The Hall–Kier alpha value is -2.55. The standard InChI is InChI=1S/C16H14F3NO4S/c1-2-25(23,24)12-7-8-14(21)13(9-12)20-15(22)10-3-5-11(6-4-10)16(17,18)19/h3-9,21H,2H2,1H3,(H,20,22). The molecule has 134 valence electrons. The van der Waals surface area contributed by atoms with E-state index in [0.717, 1.165) is 36.4 Å². The largest absolute Gasteiger partial charge is 0.506 e. The van der Waals surface area contributed by atoms with E-state index in [9.17, 15) is 31.5 Å². The van der Waals surface area contributed by atoms with Gasteiger partial charge in [-0.05, 0) is 42.5 Å². The van der Waals surface area contributed by atoms with Crippen molar-refractivity contribution in [1.29, 1.82) is 0 Å². The van der Waals surface area contributed by atoms with Crippen LogP contribution in [-0.4, -0.2) is 25.2 Å². The predicted octanol–water partition coefficient (Wildman–Crippen LogP) is 3.46. The highest BCUT2D eigenvalue weighted by atomic mass is 32.2. The molecule has 0 aliphatic rings. The monoisotopic (exact) mass is 373 g/mol. The molecule has 0 aliphatic carbocycles. The Kier molecular flexibility index (Phi) is 5.07. The lowest BCUT2D eigenvalue weighted by Crippen LogP contribution is -2.13. The molecule has 0 aromatic heterocycles. The fourth-order valence-corrected chi connectivity index (χ4v) is 2.89. The van der Waals surface area contributed by atoms with Crippen molar-refractivity contribution in [2.24, 2.45) is 0 Å². The lowest BCUT2D eigenvalue weighted by molar-refractivity contribution is -0.137. The van der Waals surface area contributed by atoms with Gasteiger partial charge < -0.3 is 10.4 Å². The van der Waals surface area contributed by atoms with Crippen LogP contribution in [-0.2, 0) is 16.0 Å². The molecule has 0 saturated carbocycles. The van der Waals surface area contributed by atoms with Crippen molar-refractivity contribution in [1.82, 2.24) is 0 Å². The Morgan fingerprint density at radius 2 is 1.72 bits per heavy atom. The zero-order valence-electron chi connectivity index (χ0n) is 13.0. The van der Waals surface area contributed by atoms with Gasteiger partial charge in [-0.25, -0.2) is 8.42 Å². The summed E-state index contributed by atoms with van der Waals surface area (Å²) in [7, 11) is -3.55. The molecule has 0 atom stereocenters. The van der Waals surface area contributed by atoms with Crippen molar-refractivity contribution in [3.63, 3.8) is 0 Å². The van der Waals surface area contributed by atoms with E-state index in [1.54, 1.807) is 0 Å². The maximum Gasteiger partial charge on any atom is 0.416 e. The molecule has 0 unspecified atom stereocenters. The molecule has 25 heavy (non-hydrogen) atoms. The van der Waals surface area contributed by atoms with Gasteiger partial charge in [0, 0.05) is 5.56 Å². The number of alkyl halides is 3. The summed E-state index contributed by atoms with van der Waals surface area (Å²) in [4.78, 5) is 12.0. The van der Waals surface area contributed by atoms with Crippen molar-refractivity contribution in [2.75, 3.05) is 11.1 Å². The van der Waals surface area contributed by atoms with Gasteiger partial charge in [-0.3, -0.25) is 4.79 Å². The number of amides is 1. The van der Waals surface area contributed by atoms with Crippen LogP contribution >= 0.6 is 0 Å². The first-order valence-electron chi connectivity index (χ1n) is 7.09. The molecule has 2 aromatic rings. The second-order valence-corrected chi connectivity index (χ2v) is 7.39. The molecule has 9 heteroatoms. The highest BCUT2D eigenvalue weighted by Gasteiger charge is 2.30. The van der Waals surface area contributed by atoms with E-state index in [1.807, 2.05) is 0 Å². The predicted molar refractivity (Wildman–Crippen MR) is 85.2 cm³/mol. The number of benzene rings is 2. The summed E-state index contributed by atoms with van der Waals surface area (Å²) >= 11 is 0. The van der Waals surface area contributed by atoms with Crippen molar-refractivity contribution in [3.8, 4) is 5.75 Å². The van der Waals surface area contributed by atoms with Crippen molar-refractivity contribution < 1.29 is 31.5 Å². The smallest absolute Gasteiger partial charge is 0.416 e. The first-order valence-corrected chi connectivity index (χ1v) is 8.74. The minimum Gasteiger partial charge on any atom is -0.506 e. The molecule has 0 aliphatic heterocycles. The Morgan fingerprint density at radius 1 is 1.12 bits per heavy atom. The van der Waals surface area contributed by atoms with Gasteiger partial charge in [-0.2, -0.15) is 13.2 Å². The van der Waals surface area contributed by atoms with Crippen LogP contribution in [0.5, 0.6) is 5.75 Å². The Morgan fingerprint density at radius 3 is 2.24 bits per heavy atom. The van der Waals surface area contributed by atoms with E-state index < -0.39 is 27.5 Å². The number of phenolic OH excluding ortho intramolecular Hbond substituents is 1. The van der Waals surface area contributed by atoms with Crippen LogP contribution in [0.2, 0.25) is 0 Å². The van der Waals surface area contributed by atoms with Gasteiger partial charge in [0.05, 0.1) is 21.9 Å². The number of nitrogens with one attached hydrogen (secondary N) is 1. The summed E-state index contributed by atoms with van der Waals surface area (Å²) in [5.41, 5.74) is -1.13. The number of aromatic hydroxyl groups is 1. The lowest BCUT2D eigenvalue weighted by Gasteiger charge is -2.11. The highest BCUT2D eigenvalue weighted by Crippen LogP contribution is 2.30. The van der Waals surface area contributed by atoms with Gasteiger partial charge in [0.25, 0.3) is 5.91 Å². The zero-order chi connectivity index (χ0) is 18.8. The quantitative estimate of drug-likeness (QED) is 0.804. The molecular formula is C16H14F3NO4S. The van der Waals surface area contributed by atoms with Gasteiger partial charge >= 0.3 is 6.18 Å². The zero-order valence-corrected chi connectivity index (χ0v) is 13.8. The molecular weight excluding hydrogens is 359 g/mol. The summed E-state index contributed by atoms with van der Waals surface area (Å²) in [6, 6.07) is 6.89. The van der Waals surface area contributed by atoms with Crippen molar-refractivity contribution >= 4 is 21.4 Å². The minimum absolute atomic E-state index is 0.0730. The average molecular weight is 373 g/mol. The van der Waals surface area contributed by atoms with Crippen LogP contribution in [0.25, 0.3) is 0 Å². The number of carbonyl (C=O) groups is 1. The molecule has 0 heterocycles. The molecule has 5 nitrogen and oxygen atoms in total. The van der Waals surface area contributed by atoms with E-state index in [1.165, 1.54) is 13.0 Å². The van der Waals surface area contributed by atoms with Gasteiger partial charge in [0.2, 0.25) is 0 Å². The summed E-state index contributed by atoms with van der Waals surface area (Å²) in [5, 5.41) is 12.0. The average Bonchev–Trinajstić information content (AvgIpc) is 2.56. The van der Waals surface area contributed by atoms with Crippen LogP contribution < -0.4 is 5.32 Å². The fraction of sp³-hybridized carbons (Fsp3) is 0.188. The van der Waals surface area contributed by atoms with E-state index in [-0.39, 0.29) is 27.6 Å². The number of sulfone groups is 1. The summed E-state index contributed by atoms with van der Waals surface area (Å²) < 4.78 is 61.3. The lowest BCUT2D eigenvalue weighted by atomic mass is 10.1. The number of carbonyl (C=O) groups excluding carboxylic acids is 1. The van der Waals surface area contributed by atoms with Crippen LogP contribution in [0.4, 0.5) is 18.9 Å². The molecule has 0 fully saturated rings. The maximum atomic E-state index is 12.5. The van der Waals surface area contributed by atoms with Gasteiger partial charge in [-0.1, -0.05) is 6.92 Å². The Balaban J connectivity index is 2.27. The number of halogens is 3. The summed E-state index contributed by atoms with van der Waals surface area (Å²) in [6.45, 7) is 1.45. The SMILES string of the molecule is CCS(=O)(=O)c1ccc(O)c(NC(=O)c2ccc(C(F)(F)F)cc2)c1. The molecule has 0 radical (unpaired) electrons. The van der Waals surface area contributed by atoms with E-state index in [2.05, 4.69) is 5.32 Å². The second-order valence-electron chi connectivity index (χ2n) is 5.11. The van der Waals surface area contributed by atoms with Crippen LogP contribution in [0.1, 0.15) is 22.8 Å². The molecule has 2 rings (SSSR count). The molecule has 0 saturated heterocycles. The third kappa shape index (κ3) is 4.30. The topological polar surface area (TPSA) is 83.5 Å². The Labute approximate surface area is 142 Å². The van der Waals surface area contributed by atoms with Crippen LogP contribution in [0.15, 0.2) is 47.4 Å². The maximum absolute atomic E-state index is 12.5. The van der Waals surface area contributed by atoms with Crippen molar-refractivity contribution in [3.05, 3.63) is 53.6 Å². The van der Waals surface area contributed by atoms with Crippen molar-refractivity contribution in [2.45, 2.75) is 18.0 Å². The molecule has 0 spiro atoms. The van der Waals surface area contributed by atoms with E-state index in [0.29, 0.717) is 0 Å². The first kappa shape index (κ1) is 18.8. The van der Waals surface area contributed by atoms with Gasteiger partial charge in [0.15, 0.2) is 9.84 Å². The number of rotatable bonds is 4. The molecule has 0 bridgehead atoms. The summed E-state index contributed by atoms with van der Waals surface area (Å²) in [5.74, 6) is -1.31. The number of hydrogen-bond donors (Lipinski definition) is 2. The molecule has 2 N–H and O–H groups in total. The Bertz CT molecular complexity index is 891. The third-order valence-corrected chi connectivity index (χ3v) is 5.16. The minimum atomic E-state index is -4.52. The summed E-state index contributed by atoms with van der Waals surface area (Å²) in [6.07, 6.45) is -4.52. The first-order chi connectivity index (χ1) is 11.5. The second kappa shape index (κ2) is 6.75. The molecule has 1 amide bonds. The number of anilines is 1. The fourth-order valence-electron chi connectivity index (χ4n) is 1.98. The van der Waals surface area contributed by atoms with Gasteiger partial charge in [0.1, 0.15) is 5.75 Å². The van der Waals surface area contributed by atoms with E-state index in [4.69, 9.17) is 0 Å².